The van der Waals surface area contributed by atoms with E-state index in [4.69, 9.17) is 0 Å². The van der Waals surface area contributed by atoms with Gasteiger partial charge in [-0.3, -0.25) is 0 Å². The summed E-state index contributed by atoms with van der Waals surface area (Å²) in [5.41, 5.74) is 4.33. The molecule has 0 atom stereocenters. The van der Waals surface area contributed by atoms with Crippen LogP contribution in [0, 0.1) is 13.8 Å². The first kappa shape index (κ1) is 25.2. The Morgan fingerprint density at radius 3 is 1.28 bits per heavy atom. The molecule has 0 aliphatic heterocycles. The fourth-order valence-electron chi connectivity index (χ4n) is 3.88. The largest absolute Gasteiger partial charge is 0.507 e. The molecule has 0 amide bonds. The highest BCUT2D eigenvalue weighted by Gasteiger charge is 2.11. The minimum Gasteiger partial charge on any atom is -0.507 e. The summed E-state index contributed by atoms with van der Waals surface area (Å²) in [4.78, 5) is 0. The Kier molecular flexibility index (Phi) is 10.6. The lowest BCUT2D eigenvalue weighted by molar-refractivity contribution is 0.317. The van der Waals surface area contributed by atoms with Crippen LogP contribution in [0.5, 0.6) is 11.5 Å². The minimum absolute atomic E-state index is 0.149. The molecule has 174 valence electrons. The van der Waals surface area contributed by atoms with Crippen molar-refractivity contribution in [3.05, 3.63) is 58.7 Å². The Morgan fingerprint density at radius 2 is 0.938 bits per heavy atom. The van der Waals surface area contributed by atoms with Crippen molar-refractivity contribution < 1.29 is 20.6 Å². The summed E-state index contributed by atoms with van der Waals surface area (Å²) in [6.07, 6.45) is 9.79. The van der Waals surface area contributed by atoms with Crippen molar-refractivity contribution in [2.75, 3.05) is 0 Å². The third-order valence-electron chi connectivity index (χ3n) is 5.74. The van der Waals surface area contributed by atoms with Crippen LogP contribution in [0.1, 0.15) is 86.5 Å². The molecule has 2 rings (SSSR count). The SMILES string of the molecule is Cc1ccc(O)c(/C(CCCCCCCCCC/C(=N\O)c2cc(C)ccc2O)=N/O)c1. The van der Waals surface area contributed by atoms with Crippen LogP contribution >= 0.6 is 0 Å². The van der Waals surface area contributed by atoms with E-state index in [9.17, 15) is 20.6 Å². The maximum Gasteiger partial charge on any atom is 0.124 e. The molecule has 6 heteroatoms. The van der Waals surface area contributed by atoms with Gasteiger partial charge in [0.1, 0.15) is 11.5 Å². The lowest BCUT2D eigenvalue weighted by Gasteiger charge is -2.09. The second kappa shape index (κ2) is 13.4. The summed E-state index contributed by atoms with van der Waals surface area (Å²) in [5.74, 6) is 0.297. The molecule has 0 aromatic heterocycles. The van der Waals surface area contributed by atoms with Crippen LogP contribution in [-0.4, -0.2) is 32.1 Å². The Hall–Kier alpha value is -3.02. The monoisotopic (exact) mass is 440 g/mol. The van der Waals surface area contributed by atoms with E-state index in [0.29, 0.717) is 35.4 Å². The van der Waals surface area contributed by atoms with E-state index in [0.717, 1.165) is 62.5 Å². The number of aryl methyl sites for hydroxylation is 2. The third-order valence-corrected chi connectivity index (χ3v) is 5.74. The zero-order chi connectivity index (χ0) is 23.3. The van der Waals surface area contributed by atoms with Crippen LogP contribution in [0.2, 0.25) is 0 Å². The van der Waals surface area contributed by atoms with Gasteiger partial charge in [-0.1, -0.05) is 72.1 Å². The molecule has 4 N–H and O–H groups in total. The smallest absolute Gasteiger partial charge is 0.124 e. The van der Waals surface area contributed by atoms with Gasteiger partial charge < -0.3 is 20.6 Å². The molecule has 0 saturated heterocycles. The maximum absolute atomic E-state index is 9.99. The Labute approximate surface area is 190 Å². The molecular weight excluding hydrogens is 404 g/mol. The van der Waals surface area contributed by atoms with Crippen molar-refractivity contribution in [2.24, 2.45) is 10.3 Å². The van der Waals surface area contributed by atoms with E-state index in [2.05, 4.69) is 10.3 Å². The predicted molar refractivity (Wildman–Crippen MR) is 129 cm³/mol. The van der Waals surface area contributed by atoms with Crippen LogP contribution in [0.3, 0.4) is 0 Å². The standard InChI is InChI=1S/C26H36N2O4/c1-19-13-15-25(29)21(17-19)23(27-31)11-9-7-5-3-4-6-8-10-12-24(28-32)22-18-20(2)14-16-26(22)30/h13-18,29-32H,3-12H2,1-2H3/b27-23+,28-24+. The first-order valence-electron chi connectivity index (χ1n) is 11.5. The number of oxime groups is 2. The van der Waals surface area contributed by atoms with Crippen molar-refractivity contribution >= 4 is 11.4 Å². The second-order valence-electron chi connectivity index (χ2n) is 8.46. The van der Waals surface area contributed by atoms with Gasteiger partial charge in [0, 0.05) is 11.1 Å². The molecule has 0 aliphatic carbocycles. The van der Waals surface area contributed by atoms with Crippen LogP contribution in [0.4, 0.5) is 0 Å². The molecular formula is C26H36N2O4. The molecule has 32 heavy (non-hydrogen) atoms. The highest BCUT2D eigenvalue weighted by Crippen LogP contribution is 2.23. The van der Waals surface area contributed by atoms with Gasteiger partial charge in [0.05, 0.1) is 11.4 Å². The van der Waals surface area contributed by atoms with Crippen molar-refractivity contribution in [1.29, 1.82) is 0 Å². The van der Waals surface area contributed by atoms with E-state index in [1.54, 1.807) is 12.1 Å². The van der Waals surface area contributed by atoms with Crippen molar-refractivity contribution in [2.45, 2.75) is 78.1 Å². The fraction of sp³-hybridized carbons (Fsp3) is 0.462. The molecule has 0 saturated carbocycles. The topological polar surface area (TPSA) is 106 Å². The van der Waals surface area contributed by atoms with E-state index < -0.39 is 0 Å². The summed E-state index contributed by atoms with van der Waals surface area (Å²) in [6, 6.07) is 10.6. The van der Waals surface area contributed by atoms with Crippen molar-refractivity contribution in [3.63, 3.8) is 0 Å². The van der Waals surface area contributed by atoms with Crippen LogP contribution < -0.4 is 0 Å². The zero-order valence-corrected chi connectivity index (χ0v) is 19.2. The number of nitrogens with zero attached hydrogens (tertiary/aromatic N) is 2. The summed E-state index contributed by atoms with van der Waals surface area (Å²) >= 11 is 0. The summed E-state index contributed by atoms with van der Waals surface area (Å²) in [5, 5.41) is 45.4. The average molecular weight is 441 g/mol. The van der Waals surface area contributed by atoms with E-state index in [1.807, 2.05) is 38.1 Å². The molecule has 6 nitrogen and oxygen atoms in total. The van der Waals surface area contributed by atoms with Gasteiger partial charge in [0.2, 0.25) is 0 Å². The first-order valence-corrected chi connectivity index (χ1v) is 11.5. The average Bonchev–Trinajstić information content (AvgIpc) is 2.78. The second-order valence-corrected chi connectivity index (χ2v) is 8.46. The highest BCUT2D eigenvalue weighted by atomic mass is 16.4. The number of benzene rings is 2. The number of aromatic hydroxyl groups is 2. The van der Waals surface area contributed by atoms with E-state index >= 15 is 0 Å². The lowest BCUT2D eigenvalue weighted by atomic mass is 9.99. The van der Waals surface area contributed by atoms with Gasteiger partial charge in [-0.15, -0.1) is 0 Å². The number of unbranched alkanes of at least 4 members (excludes halogenated alkanes) is 7. The Balaban J connectivity index is 1.59. The van der Waals surface area contributed by atoms with Crippen molar-refractivity contribution in [3.8, 4) is 11.5 Å². The first-order chi connectivity index (χ1) is 15.5. The van der Waals surface area contributed by atoms with Crippen LogP contribution in [-0.2, 0) is 0 Å². The summed E-state index contributed by atoms with van der Waals surface area (Å²) in [7, 11) is 0. The molecule has 0 heterocycles. The lowest BCUT2D eigenvalue weighted by Crippen LogP contribution is -2.02. The number of hydrogen-bond donors (Lipinski definition) is 4. The maximum atomic E-state index is 9.99. The minimum atomic E-state index is 0.149. The molecule has 0 fully saturated rings. The van der Waals surface area contributed by atoms with Gasteiger partial charge in [0.15, 0.2) is 0 Å². The van der Waals surface area contributed by atoms with Crippen molar-refractivity contribution in [1.82, 2.24) is 0 Å². The molecule has 0 spiro atoms. The van der Waals surface area contributed by atoms with Crippen LogP contribution in [0.15, 0.2) is 46.7 Å². The Bertz CT molecular complexity index is 847. The number of phenolic OH excluding ortho intramolecular Hbond substituents is 2. The van der Waals surface area contributed by atoms with Gasteiger partial charge in [-0.2, -0.15) is 0 Å². The van der Waals surface area contributed by atoms with E-state index in [-0.39, 0.29) is 11.5 Å². The summed E-state index contributed by atoms with van der Waals surface area (Å²) < 4.78 is 0. The van der Waals surface area contributed by atoms with Gasteiger partial charge in [-0.25, -0.2) is 0 Å². The highest BCUT2D eigenvalue weighted by molar-refractivity contribution is 6.03. The van der Waals surface area contributed by atoms with Gasteiger partial charge >= 0.3 is 0 Å². The molecule has 2 aromatic rings. The zero-order valence-electron chi connectivity index (χ0n) is 19.2. The van der Waals surface area contributed by atoms with E-state index in [1.165, 1.54) is 0 Å². The number of phenols is 2. The Morgan fingerprint density at radius 1 is 0.594 bits per heavy atom. The van der Waals surface area contributed by atoms with Gasteiger partial charge in [0.25, 0.3) is 0 Å². The molecule has 0 bridgehead atoms. The number of hydrogen-bond acceptors (Lipinski definition) is 6. The molecule has 0 unspecified atom stereocenters. The quantitative estimate of drug-likeness (QED) is 0.121. The predicted octanol–water partition coefficient (Wildman–Crippen LogP) is 6.67. The number of rotatable bonds is 13. The van der Waals surface area contributed by atoms with Crippen LogP contribution in [0.25, 0.3) is 0 Å². The molecule has 2 aromatic carbocycles. The molecule has 0 radical (unpaired) electrons. The molecule has 0 aliphatic rings. The van der Waals surface area contributed by atoms with Gasteiger partial charge in [-0.05, 0) is 63.8 Å². The summed E-state index contributed by atoms with van der Waals surface area (Å²) in [6.45, 7) is 3.89. The normalized spacial score (nSPS) is 12.3. The fourth-order valence-corrected chi connectivity index (χ4v) is 3.88. The third kappa shape index (κ3) is 7.91.